The summed E-state index contributed by atoms with van der Waals surface area (Å²) in [4.78, 5) is 29.5. The maximum absolute atomic E-state index is 12.9. The molecule has 0 saturated carbocycles. The second-order valence-corrected chi connectivity index (χ2v) is 7.61. The third kappa shape index (κ3) is 3.81. The van der Waals surface area contributed by atoms with Gasteiger partial charge in [0.05, 0.1) is 23.0 Å². The van der Waals surface area contributed by atoms with Crippen molar-refractivity contribution in [1.82, 2.24) is 9.55 Å². The van der Waals surface area contributed by atoms with Gasteiger partial charge in [0.2, 0.25) is 5.91 Å². The molecule has 1 saturated heterocycles. The van der Waals surface area contributed by atoms with Crippen molar-refractivity contribution >= 4 is 29.0 Å². The van der Waals surface area contributed by atoms with Crippen molar-refractivity contribution in [1.29, 1.82) is 0 Å². The standard InChI is InChI=1S/C20H18N4O4S/c1-28-17-7-5-14(6-8-17)23-12-10-21-20(23)29-18-9-11-22(19(18)25)15-3-2-4-16(13-15)24(26)27/h2-8,10,12-13,18H,9,11H2,1H3. The number of benzene rings is 2. The van der Waals surface area contributed by atoms with Crippen LogP contribution >= 0.6 is 11.8 Å². The first kappa shape index (κ1) is 19.0. The lowest BCUT2D eigenvalue weighted by Crippen LogP contribution is -2.28. The number of imidazole rings is 1. The zero-order valence-corrected chi connectivity index (χ0v) is 16.4. The molecule has 0 N–H and O–H groups in total. The third-order valence-corrected chi connectivity index (χ3v) is 5.95. The average molecular weight is 410 g/mol. The minimum absolute atomic E-state index is 0.0264. The Morgan fingerprint density at radius 3 is 2.72 bits per heavy atom. The van der Waals surface area contributed by atoms with Gasteiger partial charge in [-0.25, -0.2) is 4.98 Å². The van der Waals surface area contributed by atoms with Crippen LogP contribution in [0.3, 0.4) is 0 Å². The summed E-state index contributed by atoms with van der Waals surface area (Å²) in [7, 11) is 1.62. The predicted molar refractivity (Wildman–Crippen MR) is 110 cm³/mol. The Morgan fingerprint density at radius 2 is 2.00 bits per heavy atom. The molecule has 4 rings (SSSR count). The fourth-order valence-electron chi connectivity index (χ4n) is 3.24. The minimum atomic E-state index is -0.456. The molecule has 1 amide bonds. The van der Waals surface area contributed by atoms with Gasteiger partial charge in [-0.2, -0.15) is 0 Å². The lowest BCUT2D eigenvalue weighted by molar-refractivity contribution is -0.384. The highest BCUT2D eigenvalue weighted by Gasteiger charge is 2.34. The van der Waals surface area contributed by atoms with Crippen molar-refractivity contribution in [2.75, 3.05) is 18.6 Å². The number of thioether (sulfide) groups is 1. The summed E-state index contributed by atoms with van der Waals surface area (Å²) in [5, 5.41) is 11.4. The van der Waals surface area contributed by atoms with Crippen LogP contribution in [0.5, 0.6) is 5.75 Å². The molecule has 1 fully saturated rings. The van der Waals surface area contributed by atoms with Crippen LogP contribution in [-0.4, -0.2) is 39.3 Å². The van der Waals surface area contributed by atoms with E-state index in [9.17, 15) is 14.9 Å². The van der Waals surface area contributed by atoms with Gasteiger partial charge < -0.3 is 9.64 Å². The number of methoxy groups -OCH3 is 1. The van der Waals surface area contributed by atoms with Crippen LogP contribution in [0.25, 0.3) is 5.69 Å². The molecule has 1 aromatic heterocycles. The lowest BCUT2D eigenvalue weighted by Gasteiger charge is -2.16. The van der Waals surface area contributed by atoms with Crippen LogP contribution < -0.4 is 9.64 Å². The van der Waals surface area contributed by atoms with Crippen LogP contribution in [0, 0.1) is 10.1 Å². The summed E-state index contributed by atoms with van der Waals surface area (Å²) >= 11 is 1.40. The van der Waals surface area contributed by atoms with E-state index < -0.39 is 4.92 Å². The van der Waals surface area contributed by atoms with Crippen LogP contribution in [0.2, 0.25) is 0 Å². The number of rotatable bonds is 6. The van der Waals surface area contributed by atoms with E-state index in [1.165, 1.54) is 23.9 Å². The maximum atomic E-state index is 12.9. The number of nitro benzene ring substituents is 1. The molecular formula is C20H18N4O4S. The SMILES string of the molecule is COc1ccc(-n2ccnc2SC2CCN(c3cccc([N+](=O)[O-])c3)C2=O)cc1. The topological polar surface area (TPSA) is 90.5 Å². The second kappa shape index (κ2) is 7.96. The third-order valence-electron chi connectivity index (χ3n) is 4.71. The number of amides is 1. The zero-order valence-electron chi connectivity index (χ0n) is 15.6. The summed E-state index contributed by atoms with van der Waals surface area (Å²) in [6.45, 7) is 0.515. The first-order valence-electron chi connectivity index (χ1n) is 8.97. The summed E-state index contributed by atoms with van der Waals surface area (Å²) in [6, 6.07) is 13.8. The molecule has 148 valence electrons. The number of hydrogen-bond donors (Lipinski definition) is 0. The lowest BCUT2D eigenvalue weighted by atomic mass is 10.2. The van der Waals surface area contributed by atoms with Crippen LogP contribution in [0.15, 0.2) is 66.1 Å². The van der Waals surface area contributed by atoms with E-state index in [-0.39, 0.29) is 16.8 Å². The molecule has 0 aliphatic carbocycles. The van der Waals surface area contributed by atoms with Crippen molar-refractivity contribution in [2.24, 2.45) is 0 Å². The number of ether oxygens (including phenoxy) is 1. The predicted octanol–water partition coefficient (Wildman–Crippen LogP) is 3.69. The van der Waals surface area contributed by atoms with Crippen LogP contribution in [0.1, 0.15) is 6.42 Å². The summed E-state index contributed by atoms with van der Waals surface area (Å²) in [6.07, 6.45) is 4.19. The van der Waals surface area contributed by atoms with E-state index in [1.807, 2.05) is 35.0 Å². The van der Waals surface area contributed by atoms with Crippen molar-refractivity contribution in [2.45, 2.75) is 16.8 Å². The van der Waals surface area contributed by atoms with E-state index in [1.54, 1.807) is 30.3 Å². The van der Waals surface area contributed by atoms with Gasteiger partial charge in [0.1, 0.15) is 5.75 Å². The number of carbonyl (C=O) groups excluding carboxylic acids is 1. The Labute approximate surface area is 171 Å². The van der Waals surface area contributed by atoms with E-state index in [0.717, 1.165) is 16.6 Å². The second-order valence-electron chi connectivity index (χ2n) is 6.44. The molecule has 29 heavy (non-hydrogen) atoms. The number of anilines is 1. The Bertz CT molecular complexity index is 1050. The highest BCUT2D eigenvalue weighted by atomic mass is 32.2. The van der Waals surface area contributed by atoms with Gasteiger partial charge in [0.25, 0.3) is 5.69 Å². The highest BCUT2D eigenvalue weighted by Crippen LogP contribution is 2.34. The number of nitro groups is 1. The van der Waals surface area contributed by atoms with E-state index in [4.69, 9.17) is 4.74 Å². The van der Waals surface area contributed by atoms with Crippen molar-refractivity contribution in [3.63, 3.8) is 0 Å². The molecule has 1 unspecified atom stereocenters. The summed E-state index contributed by atoms with van der Waals surface area (Å²) in [5.41, 5.74) is 1.44. The summed E-state index contributed by atoms with van der Waals surface area (Å²) < 4.78 is 7.12. The molecule has 0 spiro atoms. The smallest absolute Gasteiger partial charge is 0.271 e. The highest BCUT2D eigenvalue weighted by molar-refractivity contribution is 8.00. The van der Waals surface area contributed by atoms with E-state index in [0.29, 0.717) is 18.7 Å². The maximum Gasteiger partial charge on any atom is 0.271 e. The van der Waals surface area contributed by atoms with Crippen LogP contribution in [0.4, 0.5) is 11.4 Å². The Morgan fingerprint density at radius 1 is 1.21 bits per heavy atom. The first-order chi connectivity index (χ1) is 14.1. The molecule has 1 aliphatic heterocycles. The Kier molecular flexibility index (Phi) is 5.22. The molecule has 2 heterocycles. The van der Waals surface area contributed by atoms with Gasteiger partial charge in [0, 0.05) is 36.8 Å². The van der Waals surface area contributed by atoms with Crippen molar-refractivity contribution in [3.05, 3.63) is 71.0 Å². The molecule has 1 atom stereocenters. The molecule has 0 radical (unpaired) electrons. The van der Waals surface area contributed by atoms with Crippen molar-refractivity contribution < 1.29 is 14.5 Å². The zero-order chi connectivity index (χ0) is 20.4. The number of aromatic nitrogens is 2. The number of hydrogen-bond acceptors (Lipinski definition) is 6. The number of non-ortho nitro benzene ring substituents is 1. The van der Waals surface area contributed by atoms with E-state index in [2.05, 4.69) is 4.98 Å². The average Bonchev–Trinajstić information content (AvgIpc) is 3.35. The van der Waals surface area contributed by atoms with Crippen LogP contribution in [-0.2, 0) is 4.79 Å². The largest absolute Gasteiger partial charge is 0.497 e. The van der Waals surface area contributed by atoms with Gasteiger partial charge in [-0.1, -0.05) is 17.8 Å². The monoisotopic (exact) mass is 410 g/mol. The molecule has 2 aromatic carbocycles. The molecular weight excluding hydrogens is 392 g/mol. The molecule has 9 heteroatoms. The quantitative estimate of drug-likeness (QED) is 0.455. The fourth-order valence-corrected chi connectivity index (χ4v) is 4.34. The molecule has 8 nitrogen and oxygen atoms in total. The first-order valence-corrected chi connectivity index (χ1v) is 9.85. The van der Waals surface area contributed by atoms with Gasteiger partial charge in [-0.15, -0.1) is 0 Å². The van der Waals surface area contributed by atoms with Crippen molar-refractivity contribution in [3.8, 4) is 11.4 Å². The normalized spacial score (nSPS) is 16.2. The van der Waals surface area contributed by atoms with Gasteiger partial charge in [-0.3, -0.25) is 19.5 Å². The number of carbonyl (C=O) groups is 1. The fraction of sp³-hybridized carbons (Fsp3) is 0.200. The van der Waals surface area contributed by atoms with E-state index >= 15 is 0 Å². The number of nitrogens with zero attached hydrogens (tertiary/aromatic N) is 4. The minimum Gasteiger partial charge on any atom is -0.497 e. The Balaban J connectivity index is 1.52. The Hall–Kier alpha value is -3.33. The van der Waals surface area contributed by atoms with Gasteiger partial charge >= 0.3 is 0 Å². The van der Waals surface area contributed by atoms with Gasteiger partial charge in [-0.05, 0) is 36.8 Å². The summed E-state index contributed by atoms with van der Waals surface area (Å²) in [5.74, 6) is 0.696. The molecule has 3 aromatic rings. The molecule has 0 bridgehead atoms. The van der Waals surface area contributed by atoms with Gasteiger partial charge in [0.15, 0.2) is 5.16 Å². The molecule has 1 aliphatic rings.